The molecule has 0 unspecified atom stereocenters. The molecular formula is C21H20N2O2. The maximum absolute atomic E-state index is 12.1. The molecule has 0 fully saturated rings. The number of carbonyl (C=O) groups is 1. The Balaban J connectivity index is 1.62. The van der Waals surface area contributed by atoms with E-state index < -0.39 is 0 Å². The predicted molar refractivity (Wildman–Crippen MR) is 101 cm³/mol. The van der Waals surface area contributed by atoms with Gasteiger partial charge in [-0.3, -0.25) is 4.79 Å². The molecule has 0 aliphatic carbocycles. The summed E-state index contributed by atoms with van der Waals surface area (Å²) in [6, 6.07) is 21.4. The van der Waals surface area contributed by atoms with Crippen molar-refractivity contribution in [2.24, 2.45) is 0 Å². The highest BCUT2D eigenvalue weighted by molar-refractivity contribution is 6.03. The van der Waals surface area contributed by atoms with E-state index in [1.807, 2.05) is 68.4 Å². The first-order valence-electron chi connectivity index (χ1n) is 8.08. The van der Waals surface area contributed by atoms with Gasteiger partial charge in [0.15, 0.2) is 5.76 Å². The van der Waals surface area contributed by atoms with Gasteiger partial charge in [0, 0.05) is 28.8 Å². The van der Waals surface area contributed by atoms with Crippen molar-refractivity contribution in [2.45, 2.75) is 13.8 Å². The van der Waals surface area contributed by atoms with Gasteiger partial charge in [0.2, 0.25) is 5.78 Å². The number of para-hydroxylation sites is 1. The maximum atomic E-state index is 12.1. The number of hydrogen-bond donors (Lipinski definition) is 2. The molecule has 0 atom stereocenters. The van der Waals surface area contributed by atoms with Crippen LogP contribution in [0.1, 0.15) is 23.2 Å². The monoisotopic (exact) mass is 332 g/mol. The summed E-state index contributed by atoms with van der Waals surface area (Å²) in [5.74, 6) is 0.922. The molecule has 2 N–H and O–H groups in total. The highest BCUT2D eigenvalue weighted by Gasteiger charge is 2.07. The Morgan fingerprint density at radius 1 is 0.880 bits per heavy atom. The molecule has 25 heavy (non-hydrogen) atoms. The molecule has 0 bridgehead atoms. The van der Waals surface area contributed by atoms with Crippen LogP contribution in [0.25, 0.3) is 0 Å². The van der Waals surface area contributed by atoms with Crippen molar-refractivity contribution in [3.05, 3.63) is 90.0 Å². The van der Waals surface area contributed by atoms with Crippen molar-refractivity contribution in [3.8, 4) is 0 Å². The first-order valence-corrected chi connectivity index (χ1v) is 8.08. The summed E-state index contributed by atoms with van der Waals surface area (Å²) in [4.78, 5) is 12.1. The minimum Gasteiger partial charge on any atom is -0.458 e. The molecule has 3 aromatic rings. The van der Waals surface area contributed by atoms with Crippen LogP contribution in [0.2, 0.25) is 0 Å². The van der Waals surface area contributed by atoms with Gasteiger partial charge in [-0.2, -0.15) is 0 Å². The molecule has 0 aliphatic rings. The van der Waals surface area contributed by atoms with E-state index in [1.54, 1.807) is 12.1 Å². The zero-order valence-electron chi connectivity index (χ0n) is 14.2. The molecule has 126 valence electrons. The summed E-state index contributed by atoms with van der Waals surface area (Å²) in [6.07, 6.45) is 1.54. The number of furan rings is 1. The van der Waals surface area contributed by atoms with Gasteiger partial charge in [-0.1, -0.05) is 18.2 Å². The topological polar surface area (TPSA) is 54.3 Å². The zero-order chi connectivity index (χ0) is 17.6. The molecule has 3 rings (SSSR count). The summed E-state index contributed by atoms with van der Waals surface area (Å²) in [6.45, 7) is 3.67. The molecule has 1 aromatic heterocycles. The number of hydrogen-bond acceptors (Lipinski definition) is 4. The fourth-order valence-electron chi connectivity index (χ4n) is 2.42. The molecule has 0 aliphatic heterocycles. The van der Waals surface area contributed by atoms with Crippen LogP contribution < -0.4 is 10.6 Å². The number of rotatable bonds is 6. The molecule has 2 aromatic carbocycles. The lowest BCUT2D eigenvalue weighted by molar-refractivity contribution is 0.102. The number of ketones is 1. The number of nitrogens with one attached hydrogen (secondary N) is 2. The average Bonchev–Trinajstić information content (AvgIpc) is 3.04. The third kappa shape index (κ3) is 4.61. The fraction of sp³-hybridized carbons (Fsp3) is 0.0952. The largest absolute Gasteiger partial charge is 0.458 e. The second-order valence-corrected chi connectivity index (χ2v) is 5.80. The van der Waals surface area contributed by atoms with E-state index in [2.05, 4.69) is 10.6 Å². The second-order valence-electron chi connectivity index (χ2n) is 5.80. The van der Waals surface area contributed by atoms with Gasteiger partial charge in [0.25, 0.3) is 0 Å². The van der Waals surface area contributed by atoms with Crippen molar-refractivity contribution in [3.63, 3.8) is 0 Å². The lowest BCUT2D eigenvalue weighted by Crippen LogP contribution is -2.00. The summed E-state index contributed by atoms with van der Waals surface area (Å²) in [5, 5.41) is 6.54. The van der Waals surface area contributed by atoms with Gasteiger partial charge in [0.1, 0.15) is 5.76 Å². The minimum absolute atomic E-state index is 0.152. The molecule has 4 heteroatoms. The van der Waals surface area contributed by atoms with Gasteiger partial charge in [-0.25, -0.2) is 0 Å². The Labute approximate surface area is 147 Å². The van der Waals surface area contributed by atoms with Crippen molar-refractivity contribution in [1.82, 2.24) is 0 Å². The van der Waals surface area contributed by atoms with Gasteiger partial charge < -0.3 is 15.1 Å². The van der Waals surface area contributed by atoms with Gasteiger partial charge in [0.05, 0.1) is 0 Å². The summed E-state index contributed by atoms with van der Waals surface area (Å²) in [7, 11) is 0. The standard InChI is InChI=1S/C21H20N2O2/c1-15(14-20(24)21-13-8-16(2)25-21)22-18-9-11-19(12-10-18)23-17-6-4-3-5-7-17/h3-14,22-23H,1-2H3/b15-14+. The Morgan fingerprint density at radius 2 is 1.52 bits per heavy atom. The van der Waals surface area contributed by atoms with E-state index in [0.717, 1.165) is 28.5 Å². The minimum atomic E-state index is -0.152. The van der Waals surface area contributed by atoms with E-state index >= 15 is 0 Å². The smallest absolute Gasteiger partial charge is 0.222 e. The number of allylic oxidation sites excluding steroid dienone is 2. The van der Waals surface area contributed by atoms with Crippen LogP contribution in [0.3, 0.4) is 0 Å². The second kappa shape index (κ2) is 7.53. The molecule has 0 spiro atoms. The molecule has 0 radical (unpaired) electrons. The van der Waals surface area contributed by atoms with E-state index in [9.17, 15) is 4.79 Å². The molecule has 0 saturated heterocycles. The molecule has 4 nitrogen and oxygen atoms in total. The number of benzene rings is 2. The van der Waals surface area contributed by atoms with Crippen molar-refractivity contribution >= 4 is 22.8 Å². The zero-order valence-corrected chi connectivity index (χ0v) is 14.2. The highest BCUT2D eigenvalue weighted by atomic mass is 16.3. The molecule has 0 amide bonds. The van der Waals surface area contributed by atoms with Crippen LogP contribution in [0.4, 0.5) is 17.1 Å². The van der Waals surface area contributed by atoms with Crippen LogP contribution in [-0.2, 0) is 0 Å². The summed E-state index contributed by atoms with van der Waals surface area (Å²) < 4.78 is 5.34. The maximum Gasteiger partial charge on any atom is 0.222 e. The van der Waals surface area contributed by atoms with E-state index in [0.29, 0.717) is 5.76 Å². The molecule has 1 heterocycles. The number of carbonyl (C=O) groups excluding carboxylic acids is 1. The van der Waals surface area contributed by atoms with Crippen LogP contribution >= 0.6 is 0 Å². The predicted octanol–water partition coefficient (Wildman–Crippen LogP) is 5.53. The first kappa shape index (κ1) is 16.6. The van der Waals surface area contributed by atoms with Crippen LogP contribution in [0.5, 0.6) is 0 Å². The Morgan fingerprint density at radius 3 is 2.16 bits per heavy atom. The van der Waals surface area contributed by atoms with Gasteiger partial charge >= 0.3 is 0 Å². The lowest BCUT2D eigenvalue weighted by atomic mass is 10.2. The van der Waals surface area contributed by atoms with Crippen molar-refractivity contribution in [2.75, 3.05) is 10.6 Å². The Bertz CT molecular complexity index is 878. The number of anilines is 3. The SMILES string of the molecule is C/C(=C\C(=O)c1ccc(C)o1)Nc1ccc(Nc2ccccc2)cc1. The van der Waals surface area contributed by atoms with Crippen LogP contribution in [0.15, 0.2) is 82.9 Å². The van der Waals surface area contributed by atoms with E-state index in [1.165, 1.54) is 6.08 Å². The van der Waals surface area contributed by atoms with Crippen LogP contribution in [-0.4, -0.2) is 5.78 Å². The van der Waals surface area contributed by atoms with Crippen LogP contribution in [0, 0.1) is 6.92 Å². The van der Waals surface area contributed by atoms with Gasteiger partial charge in [-0.15, -0.1) is 0 Å². The lowest BCUT2D eigenvalue weighted by Gasteiger charge is -2.09. The molecular weight excluding hydrogens is 312 g/mol. The van der Waals surface area contributed by atoms with Gasteiger partial charge in [-0.05, 0) is 62.4 Å². The van der Waals surface area contributed by atoms with Crippen molar-refractivity contribution in [1.29, 1.82) is 0 Å². The van der Waals surface area contributed by atoms with E-state index in [4.69, 9.17) is 4.42 Å². The van der Waals surface area contributed by atoms with Crippen molar-refractivity contribution < 1.29 is 9.21 Å². The highest BCUT2D eigenvalue weighted by Crippen LogP contribution is 2.19. The molecule has 0 saturated carbocycles. The quantitative estimate of drug-likeness (QED) is 0.460. The third-order valence-corrected chi connectivity index (χ3v) is 3.62. The summed E-state index contributed by atoms with van der Waals surface area (Å²) >= 11 is 0. The Hall–Kier alpha value is -3.27. The number of aryl methyl sites for hydroxylation is 1. The average molecular weight is 332 g/mol. The van der Waals surface area contributed by atoms with E-state index in [-0.39, 0.29) is 5.78 Å². The third-order valence-electron chi connectivity index (χ3n) is 3.62. The normalized spacial score (nSPS) is 11.2. The Kier molecular flexibility index (Phi) is 5.00. The summed E-state index contributed by atoms with van der Waals surface area (Å²) in [5.41, 5.74) is 3.71. The first-order chi connectivity index (χ1) is 12.1. The fourth-order valence-corrected chi connectivity index (χ4v) is 2.42.